The zero-order valence-corrected chi connectivity index (χ0v) is 27.8. The first-order chi connectivity index (χ1) is 23.5. The van der Waals surface area contributed by atoms with E-state index in [4.69, 9.17) is 4.74 Å². The molecule has 0 atom stereocenters. The molecule has 0 bridgehead atoms. The maximum atomic E-state index is 13.4. The Morgan fingerprint density at radius 3 is 2.35 bits per heavy atom. The SMILES string of the molecule is C=CC(=C)Nc1cc(-n2c(=O)ccc3cnc4ccc(-c5ccc(COc6cccc(C(F)(F)F)c6)cc5)cc4c32)ccc1C.CCCC. The summed E-state index contributed by atoms with van der Waals surface area (Å²) in [4.78, 5) is 18.0. The summed E-state index contributed by atoms with van der Waals surface area (Å²) < 4.78 is 46.5. The molecule has 6 rings (SSSR count). The number of alkyl halides is 3. The van der Waals surface area contributed by atoms with Crippen LogP contribution < -0.4 is 15.6 Å². The lowest BCUT2D eigenvalue weighted by Gasteiger charge is -2.16. The van der Waals surface area contributed by atoms with Crippen LogP contribution in [0, 0.1) is 6.92 Å². The molecular weight excluding hydrogens is 623 g/mol. The van der Waals surface area contributed by atoms with Gasteiger partial charge in [-0.15, -0.1) is 0 Å². The third-order valence-electron chi connectivity index (χ3n) is 8.09. The quantitative estimate of drug-likeness (QED) is 0.124. The highest BCUT2D eigenvalue weighted by atomic mass is 19.4. The van der Waals surface area contributed by atoms with Gasteiger partial charge in [0.05, 0.1) is 22.3 Å². The Bertz CT molecular complexity index is 2180. The van der Waals surface area contributed by atoms with Crippen molar-refractivity contribution < 1.29 is 17.9 Å². The highest BCUT2D eigenvalue weighted by Crippen LogP contribution is 2.33. The molecule has 2 aromatic heterocycles. The third-order valence-corrected chi connectivity index (χ3v) is 8.09. The highest BCUT2D eigenvalue weighted by Gasteiger charge is 2.30. The van der Waals surface area contributed by atoms with E-state index in [9.17, 15) is 18.0 Å². The predicted octanol–water partition coefficient (Wildman–Crippen LogP) is 11.0. The minimum absolute atomic E-state index is 0.119. The van der Waals surface area contributed by atoms with Gasteiger partial charge in [0.2, 0.25) is 0 Å². The molecule has 0 aliphatic rings. The number of hydrogen-bond donors (Lipinski definition) is 1. The summed E-state index contributed by atoms with van der Waals surface area (Å²) in [6.07, 6.45) is 1.60. The molecule has 0 amide bonds. The van der Waals surface area contributed by atoms with Gasteiger partial charge in [-0.05, 0) is 83.8 Å². The number of allylic oxidation sites excluding steroid dienone is 1. The van der Waals surface area contributed by atoms with Gasteiger partial charge in [0.1, 0.15) is 12.4 Å². The molecule has 1 N–H and O–H groups in total. The lowest BCUT2D eigenvalue weighted by atomic mass is 10.0. The first-order valence-electron chi connectivity index (χ1n) is 16.1. The molecule has 0 fully saturated rings. The zero-order valence-electron chi connectivity index (χ0n) is 27.8. The summed E-state index contributed by atoms with van der Waals surface area (Å²) in [5.74, 6) is 0.149. The van der Waals surface area contributed by atoms with E-state index < -0.39 is 11.7 Å². The standard InChI is InChI=1S/C37H28F3N3O2.C4H10/c1-4-24(3)42-34-20-30(15-8-23(34)2)43-35(44)17-14-28-21-41-33-16-13-27(18-32(33)36(28)43)26-11-9-25(10-12-26)22-45-31-7-5-6-29(19-31)37(38,39)40;1-3-4-2/h4-21,42H,1,3,22H2,2H3;3-4H2,1-2H3. The number of unbranched alkanes of at least 4 members (excludes halogenated alkanes) is 1. The molecule has 2 heterocycles. The largest absolute Gasteiger partial charge is 0.489 e. The Hall–Kier alpha value is -5.63. The number of nitrogens with zero attached hydrogens (tertiary/aromatic N) is 2. The average Bonchev–Trinajstić information content (AvgIpc) is 3.11. The van der Waals surface area contributed by atoms with Gasteiger partial charge in [-0.25, -0.2) is 0 Å². The molecular formula is C41H38F3N3O2. The van der Waals surface area contributed by atoms with Crippen molar-refractivity contribution >= 4 is 27.5 Å². The minimum atomic E-state index is -4.43. The predicted molar refractivity (Wildman–Crippen MR) is 194 cm³/mol. The van der Waals surface area contributed by atoms with Crippen LogP contribution in [-0.4, -0.2) is 9.55 Å². The number of benzene rings is 4. The van der Waals surface area contributed by atoms with E-state index in [2.05, 4.69) is 37.3 Å². The Morgan fingerprint density at radius 2 is 1.65 bits per heavy atom. The Labute approximate surface area is 284 Å². The van der Waals surface area contributed by atoms with Crippen molar-refractivity contribution in [3.63, 3.8) is 0 Å². The van der Waals surface area contributed by atoms with Crippen LogP contribution in [0.5, 0.6) is 5.75 Å². The molecule has 0 aliphatic heterocycles. The van der Waals surface area contributed by atoms with Crippen LogP contribution >= 0.6 is 0 Å². The number of aromatic nitrogens is 2. The smallest absolute Gasteiger partial charge is 0.416 e. The van der Waals surface area contributed by atoms with Crippen LogP contribution in [-0.2, 0) is 12.8 Å². The van der Waals surface area contributed by atoms with Gasteiger partial charge in [-0.3, -0.25) is 14.3 Å². The molecule has 5 nitrogen and oxygen atoms in total. The molecule has 0 saturated heterocycles. The van der Waals surface area contributed by atoms with Gasteiger partial charge in [-0.1, -0.05) is 82.3 Å². The fourth-order valence-electron chi connectivity index (χ4n) is 5.18. The second-order valence-corrected chi connectivity index (χ2v) is 11.7. The van der Waals surface area contributed by atoms with Crippen molar-refractivity contribution in [1.29, 1.82) is 0 Å². The molecule has 4 aromatic carbocycles. The summed E-state index contributed by atoms with van der Waals surface area (Å²) in [5, 5.41) is 4.86. The number of anilines is 1. The second-order valence-electron chi connectivity index (χ2n) is 11.7. The second kappa shape index (κ2) is 15.1. The van der Waals surface area contributed by atoms with Gasteiger partial charge >= 0.3 is 6.18 Å². The number of rotatable bonds is 9. The minimum Gasteiger partial charge on any atom is -0.489 e. The lowest BCUT2D eigenvalue weighted by Crippen LogP contribution is -2.18. The zero-order chi connectivity index (χ0) is 35.1. The van der Waals surface area contributed by atoms with Crippen molar-refractivity contribution in [2.24, 2.45) is 0 Å². The molecule has 49 heavy (non-hydrogen) atoms. The van der Waals surface area contributed by atoms with Crippen LogP contribution in [0.1, 0.15) is 43.4 Å². The van der Waals surface area contributed by atoms with Crippen LogP contribution in [0.2, 0.25) is 0 Å². The maximum absolute atomic E-state index is 13.4. The summed E-state index contributed by atoms with van der Waals surface area (Å²) in [6.45, 7) is 14.2. The first kappa shape index (κ1) is 34.7. The van der Waals surface area contributed by atoms with Crippen molar-refractivity contribution in [3.05, 3.63) is 155 Å². The van der Waals surface area contributed by atoms with Crippen LogP contribution in [0.4, 0.5) is 18.9 Å². The van der Waals surface area contributed by atoms with E-state index in [0.29, 0.717) is 11.4 Å². The summed E-state index contributed by atoms with van der Waals surface area (Å²) in [7, 11) is 0. The van der Waals surface area contributed by atoms with Crippen molar-refractivity contribution in [2.75, 3.05) is 5.32 Å². The Morgan fingerprint density at radius 1 is 0.918 bits per heavy atom. The van der Waals surface area contributed by atoms with Crippen molar-refractivity contribution in [1.82, 2.24) is 9.55 Å². The third kappa shape index (κ3) is 8.09. The molecule has 0 unspecified atom stereocenters. The van der Waals surface area contributed by atoms with Gasteiger partial charge in [0.15, 0.2) is 0 Å². The number of aryl methyl sites for hydroxylation is 1. The van der Waals surface area contributed by atoms with E-state index in [-0.39, 0.29) is 17.9 Å². The number of hydrogen-bond acceptors (Lipinski definition) is 4. The molecule has 250 valence electrons. The Kier molecular flexibility index (Phi) is 10.7. The van der Waals surface area contributed by atoms with Crippen LogP contribution in [0.3, 0.4) is 0 Å². The van der Waals surface area contributed by atoms with Crippen LogP contribution in [0.15, 0.2) is 133 Å². The summed E-state index contributed by atoms with van der Waals surface area (Å²) in [6, 6.07) is 27.5. The molecule has 0 radical (unpaired) electrons. The van der Waals surface area contributed by atoms with Gasteiger partial charge in [0.25, 0.3) is 5.56 Å². The number of fused-ring (bicyclic) bond motifs is 3. The number of halogens is 3. The Balaban J connectivity index is 0.00000111. The van der Waals surface area contributed by atoms with E-state index in [0.717, 1.165) is 61.9 Å². The normalized spacial score (nSPS) is 11.1. The molecule has 6 aromatic rings. The topological polar surface area (TPSA) is 56.2 Å². The highest BCUT2D eigenvalue weighted by molar-refractivity contribution is 6.05. The van der Waals surface area contributed by atoms with Gasteiger partial charge in [0, 0.05) is 34.4 Å². The monoisotopic (exact) mass is 661 g/mol. The van der Waals surface area contributed by atoms with Gasteiger partial charge < -0.3 is 10.1 Å². The number of pyridine rings is 2. The fourth-order valence-corrected chi connectivity index (χ4v) is 5.18. The van der Waals surface area contributed by atoms with E-state index in [1.165, 1.54) is 31.0 Å². The van der Waals surface area contributed by atoms with Crippen molar-refractivity contribution in [2.45, 2.75) is 46.4 Å². The lowest BCUT2D eigenvalue weighted by molar-refractivity contribution is -0.137. The van der Waals surface area contributed by atoms with Crippen LogP contribution in [0.25, 0.3) is 38.6 Å². The summed E-state index contributed by atoms with van der Waals surface area (Å²) in [5.41, 5.74) is 6.34. The first-order valence-corrected chi connectivity index (χ1v) is 16.1. The average molecular weight is 662 g/mol. The fraction of sp³-hybridized carbons (Fsp3) is 0.171. The number of nitrogens with one attached hydrogen (secondary N) is 1. The molecule has 0 aliphatic carbocycles. The van der Waals surface area contributed by atoms with Gasteiger partial charge in [-0.2, -0.15) is 13.2 Å². The maximum Gasteiger partial charge on any atom is 0.416 e. The summed E-state index contributed by atoms with van der Waals surface area (Å²) >= 11 is 0. The molecule has 0 spiro atoms. The molecule has 0 saturated carbocycles. The van der Waals surface area contributed by atoms with E-state index >= 15 is 0 Å². The molecule has 8 heteroatoms. The van der Waals surface area contributed by atoms with E-state index in [1.54, 1.807) is 22.9 Å². The van der Waals surface area contributed by atoms with E-state index in [1.807, 2.05) is 67.6 Å². The van der Waals surface area contributed by atoms with Crippen molar-refractivity contribution in [3.8, 4) is 22.6 Å². The number of ether oxygens (including phenoxy) is 1.